The molecular formula is C19H23N3O5. The van der Waals surface area contributed by atoms with E-state index < -0.39 is 12.1 Å². The van der Waals surface area contributed by atoms with E-state index in [0.29, 0.717) is 35.9 Å². The van der Waals surface area contributed by atoms with Crippen LogP contribution in [0.3, 0.4) is 0 Å². The molecule has 1 fully saturated rings. The fraction of sp³-hybridized carbons (Fsp3) is 0.474. The Labute approximate surface area is 157 Å². The zero-order valence-electron chi connectivity index (χ0n) is 15.8. The summed E-state index contributed by atoms with van der Waals surface area (Å²) in [5.74, 6) is 0.140. The molecule has 1 aromatic carbocycles. The standard InChI is InChI=1S/C19H23N3O5/c1-11-9-22(10-12(2)25-11)18(23)13(3)26-19(24)16-7-5-15(6-8-16)17-20-14(4)21-27-17/h5-8,11-13H,9-10H2,1-4H3. The van der Waals surface area contributed by atoms with Crippen LogP contribution in [-0.2, 0) is 14.3 Å². The number of esters is 1. The van der Waals surface area contributed by atoms with Crippen molar-refractivity contribution in [3.8, 4) is 11.5 Å². The van der Waals surface area contributed by atoms with Crippen LogP contribution in [0.25, 0.3) is 11.5 Å². The van der Waals surface area contributed by atoms with E-state index in [1.165, 1.54) is 0 Å². The summed E-state index contributed by atoms with van der Waals surface area (Å²) >= 11 is 0. The van der Waals surface area contributed by atoms with Crippen LogP contribution < -0.4 is 0 Å². The average molecular weight is 373 g/mol. The SMILES string of the molecule is Cc1noc(-c2ccc(C(=O)OC(C)C(=O)N3CC(C)OC(C)C3)cc2)n1. The van der Waals surface area contributed by atoms with Crippen molar-refractivity contribution in [2.45, 2.75) is 46.0 Å². The zero-order chi connectivity index (χ0) is 19.6. The lowest BCUT2D eigenvalue weighted by Gasteiger charge is -2.36. The van der Waals surface area contributed by atoms with E-state index in [2.05, 4.69) is 10.1 Å². The average Bonchev–Trinajstić information content (AvgIpc) is 3.06. The van der Waals surface area contributed by atoms with Gasteiger partial charge in [0, 0.05) is 18.7 Å². The third-order valence-electron chi connectivity index (χ3n) is 4.26. The lowest BCUT2D eigenvalue weighted by atomic mass is 10.1. The summed E-state index contributed by atoms with van der Waals surface area (Å²) in [4.78, 5) is 30.7. The molecule has 8 nitrogen and oxygen atoms in total. The predicted octanol–water partition coefficient (Wildman–Crippen LogP) is 2.23. The van der Waals surface area contributed by atoms with Gasteiger partial charge in [0.25, 0.3) is 11.8 Å². The smallest absolute Gasteiger partial charge is 0.338 e. The Balaban J connectivity index is 1.61. The molecule has 0 saturated carbocycles. The summed E-state index contributed by atoms with van der Waals surface area (Å²) in [6.45, 7) is 8.12. The maximum Gasteiger partial charge on any atom is 0.338 e. The molecule has 1 aliphatic heterocycles. The molecule has 2 heterocycles. The van der Waals surface area contributed by atoms with E-state index in [4.69, 9.17) is 14.0 Å². The first-order valence-corrected chi connectivity index (χ1v) is 8.89. The van der Waals surface area contributed by atoms with E-state index in [1.54, 1.807) is 43.0 Å². The number of carbonyl (C=O) groups excluding carboxylic acids is 2. The van der Waals surface area contributed by atoms with Crippen LogP contribution in [0.15, 0.2) is 28.8 Å². The minimum Gasteiger partial charge on any atom is -0.449 e. The van der Waals surface area contributed by atoms with Crippen LogP contribution in [0.5, 0.6) is 0 Å². The summed E-state index contributed by atoms with van der Waals surface area (Å²) in [5, 5.41) is 3.74. The van der Waals surface area contributed by atoms with Crippen LogP contribution >= 0.6 is 0 Å². The lowest BCUT2D eigenvalue weighted by molar-refractivity contribution is -0.151. The van der Waals surface area contributed by atoms with Crippen LogP contribution in [0, 0.1) is 6.92 Å². The monoisotopic (exact) mass is 373 g/mol. The van der Waals surface area contributed by atoms with Crippen molar-refractivity contribution in [3.63, 3.8) is 0 Å². The largest absolute Gasteiger partial charge is 0.449 e. The lowest BCUT2D eigenvalue weighted by Crippen LogP contribution is -2.51. The van der Waals surface area contributed by atoms with Gasteiger partial charge in [-0.2, -0.15) is 4.98 Å². The van der Waals surface area contributed by atoms with Crippen molar-refractivity contribution in [2.75, 3.05) is 13.1 Å². The Morgan fingerprint density at radius 2 is 1.81 bits per heavy atom. The second-order valence-electron chi connectivity index (χ2n) is 6.77. The normalized spacial score (nSPS) is 21.0. The number of ether oxygens (including phenoxy) is 2. The first-order valence-electron chi connectivity index (χ1n) is 8.89. The molecule has 8 heteroatoms. The molecule has 0 bridgehead atoms. The number of hydrogen-bond donors (Lipinski definition) is 0. The minimum atomic E-state index is -0.867. The molecule has 0 aliphatic carbocycles. The molecule has 0 radical (unpaired) electrons. The summed E-state index contributed by atoms with van der Waals surface area (Å²) in [7, 11) is 0. The van der Waals surface area contributed by atoms with Gasteiger partial charge in [-0.15, -0.1) is 0 Å². The molecule has 1 saturated heterocycles. The number of aromatic nitrogens is 2. The number of benzene rings is 1. The molecule has 1 aliphatic rings. The zero-order valence-corrected chi connectivity index (χ0v) is 15.8. The van der Waals surface area contributed by atoms with Gasteiger partial charge in [-0.1, -0.05) is 5.16 Å². The van der Waals surface area contributed by atoms with Crippen molar-refractivity contribution in [1.29, 1.82) is 0 Å². The maximum absolute atomic E-state index is 12.6. The van der Waals surface area contributed by atoms with Crippen LogP contribution in [0.4, 0.5) is 0 Å². The van der Waals surface area contributed by atoms with Gasteiger partial charge < -0.3 is 18.9 Å². The van der Waals surface area contributed by atoms with E-state index >= 15 is 0 Å². The van der Waals surface area contributed by atoms with E-state index in [-0.39, 0.29) is 18.1 Å². The van der Waals surface area contributed by atoms with Gasteiger partial charge in [0.15, 0.2) is 11.9 Å². The van der Waals surface area contributed by atoms with Crippen molar-refractivity contribution < 1.29 is 23.6 Å². The Hall–Kier alpha value is -2.74. The second-order valence-corrected chi connectivity index (χ2v) is 6.77. The molecule has 2 aromatic rings. The summed E-state index contributed by atoms with van der Waals surface area (Å²) in [6, 6.07) is 6.60. The highest BCUT2D eigenvalue weighted by Gasteiger charge is 2.30. The van der Waals surface area contributed by atoms with Crippen molar-refractivity contribution in [1.82, 2.24) is 15.0 Å². The Bertz CT molecular complexity index is 807. The summed E-state index contributed by atoms with van der Waals surface area (Å²) < 4.78 is 16.1. The van der Waals surface area contributed by atoms with Crippen molar-refractivity contribution >= 4 is 11.9 Å². The number of aryl methyl sites for hydroxylation is 1. The van der Waals surface area contributed by atoms with Crippen LogP contribution in [-0.4, -0.2) is 58.3 Å². The minimum absolute atomic E-state index is 0.0403. The predicted molar refractivity (Wildman–Crippen MR) is 95.9 cm³/mol. The van der Waals surface area contributed by atoms with Crippen LogP contribution in [0.1, 0.15) is 37.0 Å². The van der Waals surface area contributed by atoms with Crippen molar-refractivity contribution in [2.24, 2.45) is 0 Å². The third-order valence-corrected chi connectivity index (χ3v) is 4.26. The van der Waals surface area contributed by atoms with Gasteiger partial charge in [0.05, 0.1) is 17.8 Å². The van der Waals surface area contributed by atoms with Gasteiger partial charge in [0.1, 0.15) is 0 Å². The fourth-order valence-corrected chi connectivity index (χ4v) is 3.06. The maximum atomic E-state index is 12.6. The number of rotatable bonds is 4. The summed E-state index contributed by atoms with van der Waals surface area (Å²) in [6.07, 6.45) is -0.948. The quantitative estimate of drug-likeness (QED) is 0.758. The molecule has 3 unspecified atom stereocenters. The van der Waals surface area contributed by atoms with E-state index in [1.807, 2.05) is 13.8 Å². The number of nitrogens with zero attached hydrogens (tertiary/aromatic N) is 3. The molecular weight excluding hydrogens is 350 g/mol. The molecule has 1 amide bonds. The van der Waals surface area contributed by atoms with E-state index in [9.17, 15) is 9.59 Å². The Morgan fingerprint density at radius 3 is 2.37 bits per heavy atom. The fourth-order valence-electron chi connectivity index (χ4n) is 3.06. The summed E-state index contributed by atoms with van der Waals surface area (Å²) in [5.41, 5.74) is 1.05. The van der Waals surface area contributed by atoms with Gasteiger partial charge in [-0.3, -0.25) is 4.79 Å². The third kappa shape index (κ3) is 4.51. The number of carbonyl (C=O) groups is 2. The first kappa shape index (κ1) is 19.0. The molecule has 3 rings (SSSR count). The molecule has 1 aromatic heterocycles. The van der Waals surface area contributed by atoms with Gasteiger partial charge in [0.2, 0.25) is 0 Å². The Kier molecular flexibility index (Phi) is 5.55. The highest BCUT2D eigenvalue weighted by molar-refractivity contribution is 5.92. The molecule has 0 N–H and O–H groups in total. The molecule has 27 heavy (non-hydrogen) atoms. The van der Waals surface area contributed by atoms with Gasteiger partial charge >= 0.3 is 5.97 Å². The van der Waals surface area contributed by atoms with Crippen molar-refractivity contribution in [3.05, 3.63) is 35.7 Å². The molecule has 3 atom stereocenters. The van der Waals surface area contributed by atoms with Crippen LogP contribution in [0.2, 0.25) is 0 Å². The van der Waals surface area contributed by atoms with Gasteiger partial charge in [-0.25, -0.2) is 4.79 Å². The molecule has 0 spiro atoms. The first-order chi connectivity index (χ1) is 12.8. The number of morpholine rings is 1. The Morgan fingerprint density at radius 1 is 1.19 bits per heavy atom. The topological polar surface area (TPSA) is 94.8 Å². The second kappa shape index (κ2) is 7.87. The highest BCUT2D eigenvalue weighted by atomic mass is 16.5. The number of hydrogen-bond acceptors (Lipinski definition) is 7. The van der Waals surface area contributed by atoms with Gasteiger partial charge in [-0.05, 0) is 52.0 Å². The molecule has 144 valence electrons. The van der Waals surface area contributed by atoms with E-state index in [0.717, 1.165) is 0 Å². The number of amides is 1. The highest BCUT2D eigenvalue weighted by Crippen LogP contribution is 2.19.